The Kier molecular flexibility index (Phi) is 20.1. The number of aliphatic imine (C=N–C) groups is 1. The second-order valence-electron chi connectivity index (χ2n) is 13.9. The summed E-state index contributed by atoms with van der Waals surface area (Å²) >= 11 is 0. The maximum atomic E-state index is 13.7. The molecular formula is C39H67F3N2O. The molecule has 2 fully saturated rings. The first-order valence-electron chi connectivity index (χ1n) is 17.6. The van der Waals surface area contributed by atoms with E-state index >= 15 is 0 Å². The lowest BCUT2D eigenvalue weighted by Gasteiger charge is -2.25. The molecule has 0 aromatic carbocycles. The molecule has 260 valence electrons. The van der Waals surface area contributed by atoms with E-state index in [1.807, 2.05) is 6.07 Å². The lowest BCUT2D eigenvalue weighted by atomic mass is 9.77. The third kappa shape index (κ3) is 15.0. The first-order chi connectivity index (χ1) is 21.0. The first-order valence-corrected chi connectivity index (χ1v) is 17.6. The Morgan fingerprint density at radius 3 is 2.09 bits per heavy atom. The molecule has 0 saturated heterocycles. The summed E-state index contributed by atoms with van der Waals surface area (Å²) in [5.74, 6) is 0.143. The van der Waals surface area contributed by atoms with Gasteiger partial charge in [0.25, 0.3) is 5.92 Å². The molecule has 0 amide bonds. The number of aryl methyl sites for hydroxylation is 2. The van der Waals surface area contributed by atoms with Crippen molar-refractivity contribution in [2.45, 2.75) is 165 Å². The minimum Gasteiger partial charge on any atom is -0.299 e. The van der Waals surface area contributed by atoms with Gasteiger partial charge in [0.15, 0.2) is 0 Å². The van der Waals surface area contributed by atoms with E-state index in [9.17, 15) is 18.0 Å². The van der Waals surface area contributed by atoms with Crippen LogP contribution in [0.2, 0.25) is 0 Å². The number of fused-ring (bicyclic) bond motifs is 1. The molecule has 3 atom stereocenters. The normalized spacial score (nSPS) is 21.4. The number of pyridine rings is 1. The van der Waals surface area contributed by atoms with Crippen LogP contribution in [0.5, 0.6) is 0 Å². The van der Waals surface area contributed by atoms with E-state index in [1.165, 1.54) is 76.5 Å². The van der Waals surface area contributed by atoms with Crippen molar-refractivity contribution in [3.05, 3.63) is 41.2 Å². The van der Waals surface area contributed by atoms with Crippen molar-refractivity contribution in [1.82, 2.24) is 4.98 Å². The highest BCUT2D eigenvalue weighted by molar-refractivity contribution is 6.00. The Bertz CT molecular complexity index is 1030. The molecule has 0 aliphatic heterocycles. The smallest absolute Gasteiger partial charge is 0.286 e. The van der Waals surface area contributed by atoms with Gasteiger partial charge >= 0.3 is 0 Å². The molecule has 1 aromatic heterocycles. The third-order valence-corrected chi connectivity index (χ3v) is 9.25. The number of hydrogen-bond donors (Lipinski definition) is 0. The average molecular weight is 637 g/mol. The molecule has 0 spiro atoms. The van der Waals surface area contributed by atoms with Gasteiger partial charge in [0.2, 0.25) is 0 Å². The number of carbonyl (C=O) groups is 1. The van der Waals surface area contributed by atoms with Gasteiger partial charge in [-0.15, -0.1) is 0 Å². The number of hydrogen-bond acceptors (Lipinski definition) is 3. The zero-order chi connectivity index (χ0) is 34.8. The summed E-state index contributed by atoms with van der Waals surface area (Å²) in [6.45, 7) is 20.8. The molecule has 2 aliphatic rings. The van der Waals surface area contributed by atoms with Crippen LogP contribution in [0.25, 0.3) is 0 Å². The Hall–Kier alpha value is -1.98. The predicted octanol–water partition coefficient (Wildman–Crippen LogP) is 12.1. The molecule has 1 aromatic rings. The van der Waals surface area contributed by atoms with Gasteiger partial charge in [-0.3, -0.25) is 14.8 Å². The Labute approximate surface area is 275 Å². The lowest BCUT2D eigenvalue weighted by molar-refractivity contribution is -0.127. The summed E-state index contributed by atoms with van der Waals surface area (Å²) in [5, 5.41) is 0. The van der Waals surface area contributed by atoms with Gasteiger partial charge < -0.3 is 0 Å². The zero-order valence-electron chi connectivity index (χ0n) is 31.0. The highest BCUT2D eigenvalue weighted by atomic mass is 19.3. The van der Waals surface area contributed by atoms with Crippen molar-refractivity contribution in [3.8, 4) is 0 Å². The molecule has 2 aliphatic carbocycles. The summed E-state index contributed by atoms with van der Waals surface area (Å²) in [6, 6.07) is 1.96. The Balaban J connectivity index is 0.000000590. The lowest BCUT2D eigenvalue weighted by Crippen LogP contribution is -2.28. The van der Waals surface area contributed by atoms with Crippen LogP contribution in [0.1, 0.15) is 157 Å². The minimum atomic E-state index is -2.82. The maximum Gasteiger partial charge on any atom is 0.286 e. The van der Waals surface area contributed by atoms with Crippen LogP contribution in [-0.4, -0.2) is 29.4 Å². The molecule has 3 nitrogen and oxygen atoms in total. The Morgan fingerprint density at radius 2 is 1.71 bits per heavy atom. The van der Waals surface area contributed by atoms with Crippen LogP contribution in [0.15, 0.2) is 29.4 Å². The number of ketones is 1. The third-order valence-electron chi connectivity index (χ3n) is 9.25. The molecule has 1 heterocycles. The van der Waals surface area contributed by atoms with Gasteiger partial charge in [0, 0.05) is 36.8 Å². The van der Waals surface area contributed by atoms with Gasteiger partial charge in [-0.2, -0.15) is 8.78 Å². The van der Waals surface area contributed by atoms with Crippen molar-refractivity contribution in [3.63, 3.8) is 0 Å². The average Bonchev–Trinajstić information content (AvgIpc) is 3.49. The fourth-order valence-electron chi connectivity index (χ4n) is 6.89. The molecule has 45 heavy (non-hydrogen) atoms. The maximum absolute atomic E-state index is 13.7. The molecule has 2 unspecified atom stereocenters. The summed E-state index contributed by atoms with van der Waals surface area (Å²) in [7, 11) is 1.35. The zero-order valence-corrected chi connectivity index (χ0v) is 31.0. The van der Waals surface area contributed by atoms with Gasteiger partial charge in [-0.25, -0.2) is 4.39 Å². The highest BCUT2D eigenvalue weighted by Crippen LogP contribution is 2.56. The summed E-state index contributed by atoms with van der Waals surface area (Å²) < 4.78 is 38.5. The number of allylic oxidation sites excluding steroid dienone is 2. The predicted molar refractivity (Wildman–Crippen MR) is 188 cm³/mol. The molecular weight excluding hydrogens is 569 g/mol. The number of Topliss-reactive ketones (excluding diaryl/α,β-unsaturated/α-hetero) is 1. The number of alkyl halides is 3. The number of carbonyl (C=O) groups excluding carboxylic acids is 1. The Morgan fingerprint density at radius 1 is 1.11 bits per heavy atom. The van der Waals surface area contributed by atoms with E-state index in [2.05, 4.69) is 51.5 Å². The molecule has 3 rings (SSSR count). The van der Waals surface area contributed by atoms with Crippen molar-refractivity contribution in [2.24, 2.45) is 28.2 Å². The van der Waals surface area contributed by atoms with E-state index < -0.39 is 11.6 Å². The van der Waals surface area contributed by atoms with Crippen molar-refractivity contribution in [2.75, 3.05) is 7.05 Å². The fraction of sp³-hybridized carbons (Fsp3) is 0.769. The van der Waals surface area contributed by atoms with Crippen LogP contribution >= 0.6 is 0 Å². The number of halogens is 3. The number of nitrogens with zero attached hydrogens (tertiary/aromatic N) is 2. The summed E-state index contributed by atoms with van der Waals surface area (Å²) in [5.41, 5.74) is 1.64. The van der Waals surface area contributed by atoms with E-state index in [-0.39, 0.29) is 11.1 Å². The molecule has 0 radical (unpaired) electrons. The van der Waals surface area contributed by atoms with Crippen LogP contribution in [0.3, 0.4) is 0 Å². The van der Waals surface area contributed by atoms with E-state index in [1.54, 1.807) is 40.0 Å². The summed E-state index contributed by atoms with van der Waals surface area (Å²) in [6.07, 6.45) is 19.3. The van der Waals surface area contributed by atoms with Crippen molar-refractivity contribution < 1.29 is 18.0 Å². The van der Waals surface area contributed by atoms with Crippen LogP contribution in [-0.2, 0) is 23.3 Å². The highest BCUT2D eigenvalue weighted by Gasteiger charge is 2.51. The fourth-order valence-corrected chi connectivity index (χ4v) is 6.89. The van der Waals surface area contributed by atoms with Crippen molar-refractivity contribution >= 4 is 11.5 Å². The van der Waals surface area contributed by atoms with E-state index in [0.717, 1.165) is 49.6 Å². The minimum absolute atomic E-state index is 0.138. The standard InChI is InChI=1S/C13H20FN.C11H18O.C8H18.C7H11F2N/c1-5-7-12-10(6-2)8-11(9-15-12)13(3,4)14;1-8-6-10-4-3-5-11(10,7-8)9(2)12;1-4-6-8(3)7-5-2;1-4-5-6(10-3)7(2,8)9/h8-9H,5-7H2,1-4H3;8,10H,3-7H2,1-2H3;8H,4-7H2,1-3H3;4-5H,1-3H3/b;;;5-4-,10-6?/t;8-,10?,11?;;/m.1../s1. The molecule has 6 heteroatoms. The van der Waals surface area contributed by atoms with Gasteiger partial charge in [-0.1, -0.05) is 86.1 Å². The van der Waals surface area contributed by atoms with Crippen molar-refractivity contribution in [1.29, 1.82) is 0 Å². The second-order valence-corrected chi connectivity index (χ2v) is 13.9. The molecule has 2 saturated carbocycles. The molecule has 0 bridgehead atoms. The van der Waals surface area contributed by atoms with Gasteiger partial charge in [0.05, 0.1) is 0 Å². The SMILES string of the molecule is C/C=C\C(=NC)C(C)(F)F.CC(=O)C12CCCC1C[C@@H](C)C2.CCCC(C)CCC.CCCc1ncc(C(C)(C)F)cc1CC. The quantitative estimate of drug-likeness (QED) is 0.227. The topological polar surface area (TPSA) is 42.3 Å². The van der Waals surface area contributed by atoms with Crippen LogP contribution in [0, 0.1) is 23.2 Å². The van der Waals surface area contributed by atoms with Gasteiger partial charge in [-0.05, 0) is 102 Å². The van der Waals surface area contributed by atoms with Crippen LogP contribution < -0.4 is 0 Å². The summed E-state index contributed by atoms with van der Waals surface area (Å²) in [4.78, 5) is 19.4. The number of aromatic nitrogens is 1. The van der Waals surface area contributed by atoms with E-state index in [4.69, 9.17) is 0 Å². The first kappa shape index (κ1) is 43.0. The second kappa shape index (κ2) is 21.0. The molecule has 0 N–H and O–H groups in total. The van der Waals surface area contributed by atoms with Crippen LogP contribution in [0.4, 0.5) is 13.2 Å². The number of rotatable bonds is 11. The monoisotopic (exact) mass is 637 g/mol. The van der Waals surface area contributed by atoms with E-state index in [0.29, 0.717) is 11.3 Å². The largest absolute Gasteiger partial charge is 0.299 e. The van der Waals surface area contributed by atoms with Gasteiger partial charge in [0.1, 0.15) is 17.2 Å².